The predicted molar refractivity (Wildman–Crippen MR) is 112 cm³/mol. The second-order valence-electron chi connectivity index (χ2n) is 7.89. The first-order chi connectivity index (χ1) is 15.3. The summed E-state index contributed by atoms with van der Waals surface area (Å²) in [5.41, 5.74) is 2.10. The van der Waals surface area contributed by atoms with Crippen molar-refractivity contribution >= 4 is 11.0 Å². The van der Waals surface area contributed by atoms with Crippen LogP contribution in [0.4, 0.5) is 13.2 Å². The molecule has 0 bridgehead atoms. The van der Waals surface area contributed by atoms with E-state index in [1.807, 2.05) is 25.2 Å². The van der Waals surface area contributed by atoms with E-state index in [0.29, 0.717) is 11.5 Å². The van der Waals surface area contributed by atoms with Gasteiger partial charge in [0.15, 0.2) is 0 Å². The van der Waals surface area contributed by atoms with E-state index < -0.39 is 11.7 Å². The number of rotatable bonds is 5. The van der Waals surface area contributed by atoms with Crippen molar-refractivity contribution in [2.24, 2.45) is 7.05 Å². The molecule has 3 heterocycles. The van der Waals surface area contributed by atoms with Gasteiger partial charge in [0.2, 0.25) is 5.88 Å². The van der Waals surface area contributed by atoms with E-state index in [2.05, 4.69) is 9.55 Å². The third-order valence-corrected chi connectivity index (χ3v) is 5.55. The number of hydrogen-bond donors (Lipinski definition) is 0. The Balaban J connectivity index is 1.34. The highest BCUT2D eigenvalue weighted by atomic mass is 19.4. The Hall–Kier alpha value is -3.62. The smallest absolute Gasteiger partial charge is 0.417 e. The summed E-state index contributed by atoms with van der Waals surface area (Å²) in [5, 5.41) is 0. The molecule has 0 saturated heterocycles. The number of pyridine rings is 2. The lowest BCUT2D eigenvalue weighted by atomic mass is 10.2. The molecule has 1 fully saturated rings. The van der Waals surface area contributed by atoms with Crippen LogP contribution in [-0.4, -0.2) is 19.1 Å². The maximum absolute atomic E-state index is 12.7. The third kappa shape index (κ3) is 3.86. The summed E-state index contributed by atoms with van der Waals surface area (Å²) >= 11 is 0. The first-order valence-electron chi connectivity index (χ1n) is 10.1. The molecule has 0 amide bonds. The lowest BCUT2D eigenvalue weighted by molar-refractivity contribution is -0.137. The number of aromatic nitrogens is 4. The minimum atomic E-state index is -4.45. The Morgan fingerprint density at radius 1 is 1.12 bits per heavy atom. The van der Waals surface area contributed by atoms with Crippen molar-refractivity contribution in [1.29, 1.82) is 0 Å². The minimum absolute atomic E-state index is 0.0138. The van der Waals surface area contributed by atoms with Gasteiger partial charge in [0.25, 0.3) is 5.56 Å². The molecule has 3 aromatic heterocycles. The van der Waals surface area contributed by atoms with Crippen LogP contribution in [0.1, 0.15) is 35.7 Å². The fourth-order valence-corrected chi connectivity index (χ4v) is 3.67. The Kier molecular flexibility index (Phi) is 4.76. The van der Waals surface area contributed by atoms with E-state index in [-0.39, 0.29) is 18.0 Å². The van der Waals surface area contributed by atoms with Gasteiger partial charge in [0, 0.05) is 37.5 Å². The average molecular weight is 440 g/mol. The summed E-state index contributed by atoms with van der Waals surface area (Å²) < 4.78 is 46.9. The van der Waals surface area contributed by atoms with Gasteiger partial charge in [-0.2, -0.15) is 13.2 Å². The van der Waals surface area contributed by atoms with Crippen LogP contribution in [0.3, 0.4) is 0 Å². The summed E-state index contributed by atoms with van der Waals surface area (Å²) in [7, 11) is 1.99. The number of nitrogens with zero attached hydrogens (tertiary/aromatic N) is 4. The first kappa shape index (κ1) is 20.3. The molecule has 0 spiro atoms. The molecule has 4 aromatic rings. The number of hydrogen-bond acceptors (Lipinski definition) is 4. The monoisotopic (exact) mass is 440 g/mol. The average Bonchev–Trinajstić information content (AvgIpc) is 3.56. The third-order valence-electron chi connectivity index (χ3n) is 5.55. The van der Waals surface area contributed by atoms with Crippen LogP contribution < -0.4 is 10.3 Å². The Morgan fingerprint density at radius 2 is 1.94 bits per heavy atom. The maximum Gasteiger partial charge on any atom is 0.417 e. The Morgan fingerprint density at radius 3 is 2.59 bits per heavy atom. The van der Waals surface area contributed by atoms with Gasteiger partial charge in [-0.05, 0) is 48.7 Å². The number of aryl methyl sites for hydroxylation is 1. The summed E-state index contributed by atoms with van der Waals surface area (Å²) in [6.07, 6.45) is 0.245. The molecule has 164 valence electrons. The molecule has 32 heavy (non-hydrogen) atoms. The molecule has 0 radical (unpaired) electrons. The molecule has 1 aliphatic carbocycles. The topological polar surface area (TPSA) is 61.9 Å². The maximum atomic E-state index is 12.7. The van der Waals surface area contributed by atoms with Crippen LogP contribution in [0.15, 0.2) is 59.7 Å². The molecule has 0 aliphatic heterocycles. The van der Waals surface area contributed by atoms with Crippen molar-refractivity contribution in [2.75, 3.05) is 0 Å². The Labute approximate surface area is 180 Å². The van der Waals surface area contributed by atoms with Crippen LogP contribution in [0.5, 0.6) is 5.88 Å². The van der Waals surface area contributed by atoms with Gasteiger partial charge in [-0.25, -0.2) is 9.97 Å². The van der Waals surface area contributed by atoms with E-state index >= 15 is 0 Å². The zero-order chi connectivity index (χ0) is 22.5. The highest BCUT2D eigenvalue weighted by Crippen LogP contribution is 2.40. The molecular weight excluding hydrogens is 421 g/mol. The minimum Gasteiger partial charge on any atom is -0.473 e. The standard InChI is InChI=1S/C23H19F3N4O2/c1-29-19-11-17(5-6-18(19)28-22(29)15-2-3-15)30-9-8-14(10-21(30)31)13-32-20-7-4-16(12-27-20)23(24,25)26/h4-12,15H,2-3,13H2,1H3. The summed E-state index contributed by atoms with van der Waals surface area (Å²) in [6, 6.07) is 10.9. The zero-order valence-electron chi connectivity index (χ0n) is 17.1. The second kappa shape index (κ2) is 7.51. The van der Waals surface area contributed by atoms with Gasteiger partial charge in [-0.1, -0.05) is 0 Å². The van der Waals surface area contributed by atoms with Crippen molar-refractivity contribution in [1.82, 2.24) is 19.1 Å². The number of fused-ring (bicyclic) bond motifs is 1. The van der Waals surface area contributed by atoms with Crippen LogP contribution in [0.2, 0.25) is 0 Å². The van der Waals surface area contributed by atoms with E-state index in [1.165, 1.54) is 10.6 Å². The van der Waals surface area contributed by atoms with Crippen molar-refractivity contribution in [3.05, 3.63) is 82.2 Å². The molecule has 9 heteroatoms. The number of ether oxygens (including phenoxy) is 1. The number of alkyl halides is 3. The molecular formula is C23H19F3N4O2. The van der Waals surface area contributed by atoms with Crippen molar-refractivity contribution < 1.29 is 17.9 Å². The quantitative estimate of drug-likeness (QED) is 0.455. The molecule has 6 nitrogen and oxygen atoms in total. The van der Waals surface area contributed by atoms with Gasteiger partial charge in [-0.3, -0.25) is 9.36 Å². The predicted octanol–water partition coefficient (Wildman–Crippen LogP) is 4.59. The van der Waals surface area contributed by atoms with Gasteiger partial charge in [-0.15, -0.1) is 0 Å². The molecule has 1 saturated carbocycles. The lowest BCUT2D eigenvalue weighted by Crippen LogP contribution is -2.18. The second-order valence-corrected chi connectivity index (χ2v) is 7.89. The molecule has 0 atom stereocenters. The van der Waals surface area contributed by atoms with Crippen LogP contribution in [0.25, 0.3) is 16.7 Å². The molecule has 0 N–H and O–H groups in total. The summed E-state index contributed by atoms with van der Waals surface area (Å²) in [6.45, 7) is 0.0138. The van der Waals surface area contributed by atoms with Gasteiger partial charge in [0.05, 0.1) is 22.3 Å². The number of halogens is 3. The summed E-state index contributed by atoms with van der Waals surface area (Å²) in [4.78, 5) is 21.1. The highest BCUT2D eigenvalue weighted by Gasteiger charge is 2.31. The Bertz CT molecular complexity index is 1350. The lowest BCUT2D eigenvalue weighted by Gasteiger charge is -2.10. The largest absolute Gasteiger partial charge is 0.473 e. The molecule has 5 rings (SSSR count). The van der Waals surface area contributed by atoms with Gasteiger partial charge < -0.3 is 9.30 Å². The SMILES string of the molecule is Cn1c(C2CC2)nc2ccc(-n3ccc(COc4ccc(C(F)(F)F)cn4)cc3=O)cc21. The molecule has 1 aliphatic rings. The van der Waals surface area contributed by atoms with E-state index in [9.17, 15) is 18.0 Å². The normalized spacial score (nSPS) is 14.1. The fraction of sp³-hybridized carbons (Fsp3) is 0.261. The van der Waals surface area contributed by atoms with Crippen molar-refractivity contribution in [3.63, 3.8) is 0 Å². The zero-order valence-corrected chi connectivity index (χ0v) is 17.1. The van der Waals surface area contributed by atoms with E-state index in [1.54, 1.807) is 12.3 Å². The van der Waals surface area contributed by atoms with Gasteiger partial charge >= 0.3 is 6.18 Å². The first-order valence-corrected chi connectivity index (χ1v) is 10.1. The molecule has 0 unspecified atom stereocenters. The molecule has 1 aromatic carbocycles. The fourth-order valence-electron chi connectivity index (χ4n) is 3.67. The van der Waals surface area contributed by atoms with Crippen molar-refractivity contribution in [3.8, 4) is 11.6 Å². The summed E-state index contributed by atoms with van der Waals surface area (Å²) in [5.74, 6) is 1.65. The van der Waals surface area contributed by atoms with Crippen LogP contribution in [0, 0.1) is 0 Å². The van der Waals surface area contributed by atoms with E-state index in [0.717, 1.165) is 53.7 Å². The van der Waals surface area contributed by atoms with Crippen LogP contribution >= 0.6 is 0 Å². The highest BCUT2D eigenvalue weighted by molar-refractivity contribution is 5.78. The van der Waals surface area contributed by atoms with E-state index in [4.69, 9.17) is 9.72 Å². The van der Waals surface area contributed by atoms with Gasteiger partial charge in [0.1, 0.15) is 12.4 Å². The van der Waals surface area contributed by atoms with Crippen molar-refractivity contribution in [2.45, 2.75) is 31.5 Å². The van der Waals surface area contributed by atoms with Crippen LogP contribution in [-0.2, 0) is 19.8 Å². The number of benzene rings is 1. The number of imidazole rings is 1.